The van der Waals surface area contributed by atoms with E-state index in [2.05, 4.69) is 139 Å². The smallest absolute Gasteiger partial charge is 0.488 e. The number of phenolic OH excluding ortho intramolecular Hbond substituents is 2. The molecule has 18 nitrogen and oxygen atoms in total. The molecule has 0 unspecified atom stereocenters. The summed E-state index contributed by atoms with van der Waals surface area (Å²) in [6, 6.07) is 52.0. The van der Waals surface area contributed by atoms with Crippen LogP contribution in [0.3, 0.4) is 0 Å². The van der Waals surface area contributed by atoms with Gasteiger partial charge in [-0.3, -0.25) is 4.79 Å². The maximum Gasteiger partial charge on any atom is 0.488 e. The van der Waals surface area contributed by atoms with Gasteiger partial charge in [-0.05, 0) is 235 Å². The Hall–Kier alpha value is -8.60. The van der Waals surface area contributed by atoms with E-state index in [1.54, 1.807) is 94.8 Å². The molecule has 2 heterocycles. The van der Waals surface area contributed by atoms with Gasteiger partial charge >= 0.3 is 13.1 Å². The molecule has 0 radical (unpaired) electrons. The molecule has 0 aliphatic rings. The second-order valence-corrected chi connectivity index (χ2v) is 23.2. The topological polar surface area (TPSA) is 298 Å². The lowest BCUT2D eigenvalue weighted by molar-refractivity contribution is 0.0695. The Morgan fingerprint density at radius 1 is 0.562 bits per heavy atom. The minimum atomic E-state index is -1.46. The van der Waals surface area contributed by atoms with E-state index >= 15 is 0 Å². The molecule has 10 rings (SSSR count). The van der Waals surface area contributed by atoms with Crippen molar-refractivity contribution in [1.82, 2.24) is 29.5 Å². The Morgan fingerprint density at radius 2 is 0.966 bits per heavy atom. The number of hydrogen-bond donors (Lipinski definition) is 6. The predicted octanol–water partition coefficient (Wildman–Crippen LogP) is 14.4. The summed E-state index contributed by atoms with van der Waals surface area (Å²) in [4.78, 5) is 32.6. The minimum absolute atomic E-state index is 0.115. The number of benzene rings is 8. The summed E-state index contributed by atoms with van der Waals surface area (Å²) in [5.74, 6) is -0.986. The second kappa shape index (κ2) is 38.0. The Bertz CT molecular complexity index is 4070. The SMILES string of the molecule is Cc1ccc(C#N)c(Br)c1.Cc1ccc(C(=O)O)c(Br)c1.Cc1ccc(C(N)=O)c(Br)c1.N#Cc1ccc(CBr)cc1Br.N#Cc1ccc(Cn2cncn2)cc1Br.OB(O)c1ccc(O)cc1.[C-]#[N+]c1ccc(Cn2cncn2)cc1-c1ccc(O)cc1. The Balaban J connectivity index is 0.000000226. The van der Waals surface area contributed by atoms with Gasteiger partial charge in [-0.15, -0.1) is 0 Å². The van der Waals surface area contributed by atoms with Gasteiger partial charge in [0.15, 0.2) is 5.69 Å². The molecule has 7 N–H and O–H groups in total. The number of halogens is 6. The molecule has 0 spiro atoms. The highest BCUT2D eigenvalue weighted by Crippen LogP contribution is 2.33. The lowest BCUT2D eigenvalue weighted by Crippen LogP contribution is -2.29. The monoisotopic (exact) mass is 1570 g/mol. The van der Waals surface area contributed by atoms with Gasteiger partial charge in [0.2, 0.25) is 5.91 Å². The van der Waals surface area contributed by atoms with Gasteiger partial charge in [0.1, 0.15) is 55.0 Å². The van der Waals surface area contributed by atoms with E-state index in [-0.39, 0.29) is 11.5 Å². The molecule has 25 heteroatoms. The van der Waals surface area contributed by atoms with Gasteiger partial charge < -0.3 is 31.1 Å². The van der Waals surface area contributed by atoms with Crippen LogP contribution in [0.4, 0.5) is 5.69 Å². The van der Waals surface area contributed by atoms with Crippen molar-refractivity contribution in [2.24, 2.45) is 5.73 Å². The Labute approximate surface area is 565 Å². The van der Waals surface area contributed by atoms with Crippen LogP contribution in [0.15, 0.2) is 205 Å². The number of carboxylic acids is 1. The summed E-state index contributed by atoms with van der Waals surface area (Å²) >= 11 is 19.7. The first-order valence-corrected chi connectivity index (χ1v) is 30.8. The summed E-state index contributed by atoms with van der Waals surface area (Å²) < 4.78 is 7.38. The first-order valence-electron chi connectivity index (χ1n) is 25.7. The number of aromatic carboxylic acids is 1. The third-order valence-corrected chi connectivity index (χ3v) is 15.6. The van der Waals surface area contributed by atoms with Crippen LogP contribution in [-0.2, 0) is 18.4 Å². The fourth-order valence-corrected chi connectivity index (χ4v) is 10.4. The largest absolute Gasteiger partial charge is 0.508 e. The average Bonchev–Trinajstić information content (AvgIpc) is 4.41. The van der Waals surface area contributed by atoms with Crippen molar-refractivity contribution in [2.45, 2.75) is 39.2 Å². The van der Waals surface area contributed by atoms with Crippen LogP contribution in [0.1, 0.15) is 70.8 Å². The first kappa shape index (κ1) is 72.9. The van der Waals surface area contributed by atoms with Crippen LogP contribution in [0.5, 0.6) is 11.5 Å². The molecule has 1 amide bonds. The van der Waals surface area contributed by atoms with E-state index in [1.807, 2.05) is 81.4 Å². The van der Waals surface area contributed by atoms with Crippen molar-refractivity contribution in [2.75, 3.05) is 0 Å². The number of hydrogen-bond acceptors (Lipinski definition) is 13. The number of carboxylic acid groups (broad SMARTS) is 1. The number of aryl methyl sites for hydroxylation is 3. The van der Waals surface area contributed by atoms with Crippen molar-refractivity contribution < 1.29 is 35.0 Å². The third kappa shape index (κ3) is 25.2. The zero-order chi connectivity index (χ0) is 65.6. The maximum absolute atomic E-state index is 10.7. The van der Waals surface area contributed by atoms with Crippen molar-refractivity contribution in [3.63, 3.8) is 0 Å². The standard InChI is InChI=1S/C16H12N4O.C10H7BrN4.C8H5Br2N.C8H8BrNO.C8H6BrN.C8H7BrO2.C6H7BO3/c1-17-16-7-2-12(9-20-11-18-10-19-20)8-15(16)13-3-5-14(21)6-4-13;11-10-3-8(1-2-9(10)4-12)5-15-7-13-6-14-15;9-4-6-1-2-7(5-11)8(10)3-6;1-5-2-3-6(8(10)11)7(9)4-5;1-6-2-3-7(5-10)8(9)4-6;1-5-2-3-6(8(10)11)7(9)4-5;8-6-3-1-5(2-4-6)7(9)10/h2-8,10-11,21H,9H2;1-3,6-7H,5H2;1-3H,4H2;2-4H,1H3,(H2,10,11);2-4H,1H3;2-4H,1H3,(H,10,11);1-4,8-10H. The van der Waals surface area contributed by atoms with Gasteiger partial charge in [0, 0.05) is 27.7 Å². The molecular formula is C64H52BBr6N11O7. The number of alkyl halides is 1. The lowest BCUT2D eigenvalue weighted by Gasteiger charge is -2.08. The highest BCUT2D eigenvalue weighted by molar-refractivity contribution is 9.11. The molecule has 89 heavy (non-hydrogen) atoms. The third-order valence-electron chi connectivity index (χ3n) is 11.6. The number of nitrogens with two attached hydrogens (primary N) is 1. The van der Waals surface area contributed by atoms with Crippen LogP contribution in [0, 0.1) is 61.3 Å². The molecule has 0 aliphatic carbocycles. The predicted molar refractivity (Wildman–Crippen MR) is 363 cm³/mol. The fraction of sp³-hybridized carbons (Fsp3) is 0.0938. The highest BCUT2D eigenvalue weighted by Gasteiger charge is 2.11. The fourth-order valence-electron chi connectivity index (χ4n) is 7.10. The van der Waals surface area contributed by atoms with Crippen molar-refractivity contribution >= 4 is 126 Å². The number of carbonyl (C=O) groups is 2. The van der Waals surface area contributed by atoms with Crippen molar-refractivity contribution in [3.05, 3.63) is 278 Å². The van der Waals surface area contributed by atoms with Gasteiger partial charge in [-0.2, -0.15) is 26.0 Å². The number of carbonyl (C=O) groups excluding carboxylic acids is 1. The Kier molecular flexibility index (Phi) is 31.1. The van der Waals surface area contributed by atoms with Gasteiger partial charge in [0.05, 0.1) is 47.5 Å². The summed E-state index contributed by atoms with van der Waals surface area (Å²) in [6.07, 6.45) is 6.31. The van der Waals surface area contributed by atoms with E-state index in [1.165, 1.54) is 36.9 Å². The van der Waals surface area contributed by atoms with Crippen molar-refractivity contribution in [1.29, 1.82) is 15.8 Å². The van der Waals surface area contributed by atoms with Gasteiger partial charge in [-0.1, -0.05) is 88.7 Å². The zero-order valence-corrected chi connectivity index (χ0v) is 56.9. The van der Waals surface area contributed by atoms with E-state index < -0.39 is 19.0 Å². The number of rotatable bonds is 9. The van der Waals surface area contributed by atoms with Crippen molar-refractivity contribution in [3.8, 4) is 40.8 Å². The lowest BCUT2D eigenvalue weighted by atomic mass is 9.80. The molecule has 2 aromatic heterocycles. The summed E-state index contributed by atoms with van der Waals surface area (Å²) in [6.45, 7) is 14.4. The number of nitriles is 3. The normalized spacial score (nSPS) is 9.65. The van der Waals surface area contributed by atoms with Crippen LogP contribution in [0.25, 0.3) is 16.0 Å². The van der Waals surface area contributed by atoms with Gasteiger partial charge in [0.25, 0.3) is 0 Å². The molecule has 450 valence electrons. The summed E-state index contributed by atoms with van der Waals surface area (Å²) in [7, 11) is -1.46. The summed E-state index contributed by atoms with van der Waals surface area (Å²) in [5, 5.41) is 78.7. The second-order valence-electron chi connectivity index (χ2n) is 18.4. The summed E-state index contributed by atoms with van der Waals surface area (Å²) in [5.41, 5.74) is 17.2. The van der Waals surface area contributed by atoms with E-state index in [0.717, 1.165) is 67.7 Å². The molecule has 0 bridgehead atoms. The average molecular weight is 1580 g/mol. The van der Waals surface area contributed by atoms with Crippen LogP contribution in [-0.4, -0.2) is 73.9 Å². The molecule has 10 aromatic rings. The van der Waals surface area contributed by atoms with Crippen LogP contribution < -0.4 is 11.2 Å². The number of phenols is 2. The molecule has 8 aromatic carbocycles. The number of primary amides is 1. The number of aromatic nitrogens is 6. The van der Waals surface area contributed by atoms with Crippen LogP contribution >= 0.6 is 95.6 Å². The quantitative estimate of drug-likeness (QED) is 0.0445. The van der Waals surface area contributed by atoms with Gasteiger partial charge in [-0.25, -0.2) is 29.0 Å². The van der Waals surface area contributed by atoms with Crippen LogP contribution in [0.2, 0.25) is 0 Å². The molecule has 0 atom stereocenters. The van der Waals surface area contributed by atoms with E-state index in [0.29, 0.717) is 56.5 Å². The maximum atomic E-state index is 10.7. The molecule has 0 saturated heterocycles. The molecule has 0 aliphatic heterocycles. The number of amides is 1. The minimum Gasteiger partial charge on any atom is -0.508 e. The molecule has 0 fully saturated rings. The number of aromatic hydroxyl groups is 2. The zero-order valence-electron chi connectivity index (χ0n) is 47.4. The highest BCUT2D eigenvalue weighted by atomic mass is 79.9. The number of nitrogens with zero attached hydrogens (tertiary/aromatic N) is 10. The molecule has 0 saturated carbocycles. The molecular weight excluding hydrogens is 1530 g/mol. The first-order chi connectivity index (χ1) is 42.5. The van der Waals surface area contributed by atoms with E-state index in [9.17, 15) is 14.7 Å². The Morgan fingerprint density at radius 3 is 1.36 bits per heavy atom. The van der Waals surface area contributed by atoms with E-state index in [4.69, 9.17) is 48.4 Å².